The van der Waals surface area contributed by atoms with E-state index in [1.807, 2.05) is 11.6 Å². The maximum atomic E-state index is 12.6. The number of carbonyl (C=O) groups is 1. The van der Waals surface area contributed by atoms with Crippen LogP contribution in [0.15, 0.2) is 6.07 Å². The van der Waals surface area contributed by atoms with Crippen molar-refractivity contribution in [2.45, 2.75) is 71.5 Å². The monoisotopic (exact) mass is 304 g/mol. The van der Waals surface area contributed by atoms with Crippen molar-refractivity contribution in [3.63, 3.8) is 0 Å². The van der Waals surface area contributed by atoms with E-state index in [0.717, 1.165) is 36.8 Å². The molecule has 1 aromatic rings. The third-order valence-corrected chi connectivity index (χ3v) is 5.17. The molecule has 22 heavy (non-hydrogen) atoms. The molecule has 2 aliphatic rings. The minimum Gasteiger partial charge on any atom is -0.334 e. The summed E-state index contributed by atoms with van der Waals surface area (Å²) in [5.41, 5.74) is 2.17. The van der Waals surface area contributed by atoms with E-state index in [2.05, 4.69) is 35.2 Å². The summed E-state index contributed by atoms with van der Waals surface area (Å²) < 4.78 is 1.98. The molecule has 2 fully saturated rings. The van der Waals surface area contributed by atoms with E-state index in [-0.39, 0.29) is 12.1 Å². The average molecular weight is 304 g/mol. The van der Waals surface area contributed by atoms with Gasteiger partial charge in [0.25, 0.3) is 0 Å². The molecule has 0 radical (unpaired) electrons. The van der Waals surface area contributed by atoms with Gasteiger partial charge < -0.3 is 10.2 Å². The minimum atomic E-state index is 0.0901. The number of nitrogens with one attached hydrogen (secondary N) is 1. The summed E-state index contributed by atoms with van der Waals surface area (Å²) in [5.74, 6) is 0.741. The van der Waals surface area contributed by atoms with Gasteiger partial charge in [-0.1, -0.05) is 6.42 Å². The van der Waals surface area contributed by atoms with Gasteiger partial charge in [0.1, 0.15) is 0 Å². The topological polar surface area (TPSA) is 50.2 Å². The first-order chi connectivity index (χ1) is 10.5. The highest BCUT2D eigenvalue weighted by atomic mass is 16.2. The Balaban J connectivity index is 1.57. The molecule has 1 N–H and O–H groups in total. The summed E-state index contributed by atoms with van der Waals surface area (Å²) >= 11 is 0. The maximum Gasteiger partial charge on any atom is 0.317 e. The van der Waals surface area contributed by atoms with Gasteiger partial charge in [-0.15, -0.1) is 0 Å². The number of amides is 2. The fraction of sp³-hybridized carbons (Fsp3) is 0.765. The van der Waals surface area contributed by atoms with Gasteiger partial charge in [-0.05, 0) is 58.4 Å². The molecule has 0 spiro atoms. The number of hydrogen-bond acceptors (Lipinski definition) is 2. The van der Waals surface area contributed by atoms with Crippen LogP contribution in [0.4, 0.5) is 4.79 Å². The summed E-state index contributed by atoms with van der Waals surface area (Å²) in [6.45, 7) is 7.76. The lowest BCUT2D eigenvalue weighted by Crippen LogP contribution is -2.52. The highest BCUT2D eigenvalue weighted by molar-refractivity contribution is 5.75. The molecular weight excluding hydrogens is 276 g/mol. The summed E-state index contributed by atoms with van der Waals surface area (Å²) in [6.07, 6.45) is 6.22. The Bertz CT molecular complexity index is 539. The Morgan fingerprint density at radius 2 is 2.14 bits per heavy atom. The van der Waals surface area contributed by atoms with Crippen LogP contribution in [0, 0.1) is 19.8 Å². The smallest absolute Gasteiger partial charge is 0.317 e. The number of urea groups is 1. The number of nitrogens with zero attached hydrogens (tertiary/aromatic N) is 3. The third-order valence-electron chi connectivity index (χ3n) is 5.17. The van der Waals surface area contributed by atoms with Gasteiger partial charge in [-0.2, -0.15) is 5.10 Å². The molecule has 3 rings (SSSR count). The zero-order valence-corrected chi connectivity index (χ0v) is 14.0. The van der Waals surface area contributed by atoms with Crippen LogP contribution < -0.4 is 5.32 Å². The first kappa shape index (κ1) is 15.4. The van der Waals surface area contributed by atoms with Crippen LogP contribution in [0.5, 0.6) is 0 Å². The zero-order chi connectivity index (χ0) is 15.7. The Hall–Kier alpha value is -1.52. The van der Waals surface area contributed by atoms with E-state index >= 15 is 0 Å². The fourth-order valence-corrected chi connectivity index (χ4v) is 4.16. The highest BCUT2D eigenvalue weighted by Crippen LogP contribution is 2.36. The second-order valence-corrected chi connectivity index (χ2v) is 7.05. The SMILES string of the molecule is Cc1cc(C)n(C[C@H](C)NC(=O)N2CCC[C@H]3CCC[C@@H]32)n1. The van der Waals surface area contributed by atoms with Crippen LogP contribution in [0.25, 0.3) is 0 Å². The molecule has 122 valence electrons. The minimum absolute atomic E-state index is 0.0901. The first-order valence-electron chi connectivity index (χ1n) is 8.63. The van der Waals surface area contributed by atoms with Gasteiger partial charge in [-0.3, -0.25) is 4.68 Å². The quantitative estimate of drug-likeness (QED) is 0.933. The third kappa shape index (κ3) is 3.13. The number of aryl methyl sites for hydroxylation is 2. The van der Waals surface area contributed by atoms with Crippen molar-refractivity contribution >= 4 is 6.03 Å². The standard InChI is InChI=1S/C17H28N4O/c1-12-10-14(3)21(19-12)11-13(2)18-17(22)20-9-5-7-15-6-4-8-16(15)20/h10,13,15-16H,4-9,11H2,1-3H3,(H,18,22)/t13-,15+,16-/m0/s1. The molecule has 1 aromatic heterocycles. The first-order valence-corrected chi connectivity index (χ1v) is 8.63. The molecule has 0 bridgehead atoms. The van der Waals surface area contributed by atoms with Crippen molar-refractivity contribution < 1.29 is 4.79 Å². The van der Waals surface area contributed by atoms with Crippen LogP contribution in [0.3, 0.4) is 0 Å². The van der Waals surface area contributed by atoms with E-state index in [9.17, 15) is 4.79 Å². The van der Waals surface area contributed by atoms with Crippen molar-refractivity contribution in [3.05, 3.63) is 17.5 Å². The molecule has 1 aliphatic carbocycles. The van der Waals surface area contributed by atoms with Crippen molar-refractivity contribution in [1.29, 1.82) is 0 Å². The van der Waals surface area contributed by atoms with Crippen LogP contribution in [-0.4, -0.2) is 39.3 Å². The van der Waals surface area contributed by atoms with E-state index in [4.69, 9.17) is 0 Å². The average Bonchev–Trinajstić information content (AvgIpc) is 3.05. The van der Waals surface area contributed by atoms with E-state index in [0.29, 0.717) is 6.04 Å². The van der Waals surface area contributed by atoms with Crippen molar-refractivity contribution in [2.75, 3.05) is 6.54 Å². The van der Waals surface area contributed by atoms with Crippen molar-refractivity contribution in [2.24, 2.45) is 5.92 Å². The van der Waals surface area contributed by atoms with Gasteiger partial charge in [0.05, 0.1) is 12.2 Å². The number of likely N-dealkylation sites (tertiary alicyclic amines) is 1. The molecule has 2 amide bonds. The Labute approximate surface area is 133 Å². The van der Waals surface area contributed by atoms with Crippen LogP contribution in [0.2, 0.25) is 0 Å². The number of fused-ring (bicyclic) bond motifs is 1. The second-order valence-electron chi connectivity index (χ2n) is 7.05. The second kappa shape index (κ2) is 6.31. The van der Waals surface area contributed by atoms with Gasteiger partial charge in [-0.25, -0.2) is 4.79 Å². The van der Waals surface area contributed by atoms with Crippen molar-refractivity contribution in [1.82, 2.24) is 20.0 Å². The highest BCUT2D eigenvalue weighted by Gasteiger charge is 2.37. The molecule has 0 unspecified atom stereocenters. The summed E-state index contributed by atoms with van der Waals surface area (Å²) in [7, 11) is 0. The predicted molar refractivity (Wildman–Crippen MR) is 86.8 cm³/mol. The molecule has 5 nitrogen and oxygen atoms in total. The zero-order valence-electron chi connectivity index (χ0n) is 14.0. The molecule has 0 aromatic carbocycles. The lowest BCUT2D eigenvalue weighted by atomic mass is 9.92. The Morgan fingerprint density at radius 1 is 1.36 bits per heavy atom. The molecule has 1 saturated heterocycles. The van der Waals surface area contributed by atoms with Crippen LogP contribution in [0.1, 0.15) is 50.4 Å². The molecule has 1 saturated carbocycles. The fourth-order valence-electron chi connectivity index (χ4n) is 4.16. The van der Waals surface area contributed by atoms with Crippen molar-refractivity contribution in [3.8, 4) is 0 Å². The molecule has 3 atom stereocenters. The number of rotatable bonds is 3. The Morgan fingerprint density at radius 3 is 2.86 bits per heavy atom. The van der Waals surface area contributed by atoms with E-state index < -0.39 is 0 Å². The van der Waals surface area contributed by atoms with Gasteiger partial charge in [0, 0.05) is 24.3 Å². The lowest BCUT2D eigenvalue weighted by molar-refractivity contribution is 0.125. The Kier molecular flexibility index (Phi) is 4.41. The largest absolute Gasteiger partial charge is 0.334 e. The summed E-state index contributed by atoms with van der Waals surface area (Å²) in [6, 6.07) is 2.76. The van der Waals surface area contributed by atoms with E-state index in [1.165, 1.54) is 25.7 Å². The van der Waals surface area contributed by atoms with Crippen LogP contribution >= 0.6 is 0 Å². The number of hydrogen-bond donors (Lipinski definition) is 1. The summed E-state index contributed by atoms with van der Waals surface area (Å²) in [5, 5.41) is 7.65. The lowest BCUT2D eigenvalue weighted by Gasteiger charge is -2.38. The van der Waals surface area contributed by atoms with Crippen LogP contribution in [-0.2, 0) is 6.54 Å². The van der Waals surface area contributed by atoms with E-state index in [1.54, 1.807) is 0 Å². The summed E-state index contributed by atoms with van der Waals surface area (Å²) in [4.78, 5) is 14.7. The normalized spacial score (nSPS) is 25.9. The number of carbonyl (C=O) groups excluding carboxylic acids is 1. The maximum absolute atomic E-state index is 12.6. The van der Waals surface area contributed by atoms with Gasteiger partial charge in [0.2, 0.25) is 0 Å². The molecule has 1 aliphatic heterocycles. The van der Waals surface area contributed by atoms with Gasteiger partial charge >= 0.3 is 6.03 Å². The predicted octanol–water partition coefficient (Wildman–Crippen LogP) is 2.86. The number of piperidine rings is 1. The van der Waals surface area contributed by atoms with Gasteiger partial charge in [0.15, 0.2) is 0 Å². The molecule has 2 heterocycles. The number of aromatic nitrogens is 2. The molecule has 5 heteroatoms. The molecular formula is C17H28N4O.